The van der Waals surface area contributed by atoms with Crippen LogP contribution in [0.5, 0.6) is 11.5 Å². The molecule has 0 aliphatic carbocycles. The molecule has 1 aromatic rings. The number of carbonyl (C=O) groups excluding carboxylic acids is 1. The Balaban J connectivity index is 2.08. The van der Waals surface area contributed by atoms with Crippen LogP contribution in [0.1, 0.15) is 30.1 Å². The summed E-state index contributed by atoms with van der Waals surface area (Å²) in [5.41, 5.74) is 0.498. The van der Waals surface area contributed by atoms with E-state index in [1.165, 1.54) is 7.11 Å². The number of ether oxygens (including phenoxy) is 3. The maximum Gasteiger partial charge on any atom is 0.255 e. The van der Waals surface area contributed by atoms with Crippen molar-refractivity contribution in [1.29, 1.82) is 0 Å². The zero-order chi connectivity index (χ0) is 14.5. The van der Waals surface area contributed by atoms with E-state index in [0.29, 0.717) is 17.1 Å². The van der Waals surface area contributed by atoms with Gasteiger partial charge in [0.1, 0.15) is 11.5 Å². The van der Waals surface area contributed by atoms with Gasteiger partial charge in [-0.05, 0) is 31.9 Å². The lowest BCUT2D eigenvalue weighted by atomic mass is 10.1. The van der Waals surface area contributed by atoms with Gasteiger partial charge in [0.25, 0.3) is 5.91 Å². The molecule has 1 N–H and O–H groups in total. The number of hydrogen-bond acceptors (Lipinski definition) is 4. The predicted molar refractivity (Wildman–Crippen MR) is 75.4 cm³/mol. The minimum absolute atomic E-state index is 0.0168. The fourth-order valence-electron chi connectivity index (χ4n) is 2.36. The highest BCUT2D eigenvalue weighted by molar-refractivity contribution is 5.97. The van der Waals surface area contributed by atoms with Gasteiger partial charge in [-0.3, -0.25) is 4.79 Å². The van der Waals surface area contributed by atoms with Gasteiger partial charge in [-0.25, -0.2) is 0 Å². The standard InChI is InChI=1S/C15H21NO4/c1-10(13-5-4-8-20-13)16-15(17)12-7-6-11(18-2)9-14(12)19-3/h6-7,9-10,13H,4-5,8H2,1-3H3,(H,16,17)/t10-,13-/m0/s1. The first-order valence-electron chi connectivity index (χ1n) is 6.80. The molecular formula is C15H21NO4. The van der Waals surface area contributed by atoms with Crippen LogP contribution in [0.2, 0.25) is 0 Å². The molecule has 1 fully saturated rings. The van der Waals surface area contributed by atoms with Crippen LogP contribution in [0.4, 0.5) is 0 Å². The van der Waals surface area contributed by atoms with Crippen molar-refractivity contribution in [2.75, 3.05) is 20.8 Å². The second-order valence-electron chi connectivity index (χ2n) is 4.88. The van der Waals surface area contributed by atoms with Crippen LogP contribution >= 0.6 is 0 Å². The molecular weight excluding hydrogens is 258 g/mol. The summed E-state index contributed by atoms with van der Waals surface area (Å²) in [5.74, 6) is 1.000. The van der Waals surface area contributed by atoms with Gasteiger partial charge in [0.2, 0.25) is 0 Å². The molecule has 0 aromatic heterocycles. The summed E-state index contributed by atoms with van der Waals surface area (Å²) < 4.78 is 15.9. The third-order valence-electron chi connectivity index (χ3n) is 3.53. The summed E-state index contributed by atoms with van der Waals surface area (Å²) in [4.78, 5) is 12.3. The highest BCUT2D eigenvalue weighted by Crippen LogP contribution is 2.25. The van der Waals surface area contributed by atoms with Crippen LogP contribution in [0.15, 0.2) is 18.2 Å². The SMILES string of the molecule is COc1ccc(C(=O)N[C@@H](C)[C@@H]2CCCO2)c(OC)c1. The summed E-state index contributed by atoms with van der Waals surface area (Å²) in [6, 6.07) is 5.13. The second-order valence-corrected chi connectivity index (χ2v) is 4.88. The first-order chi connectivity index (χ1) is 9.65. The monoisotopic (exact) mass is 279 g/mol. The summed E-state index contributed by atoms with van der Waals surface area (Å²) >= 11 is 0. The van der Waals surface area contributed by atoms with Gasteiger partial charge in [0.15, 0.2) is 0 Å². The molecule has 2 atom stereocenters. The molecule has 5 nitrogen and oxygen atoms in total. The number of amides is 1. The number of rotatable bonds is 5. The van der Waals surface area contributed by atoms with Gasteiger partial charge in [-0.15, -0.1) is 0 Å². The lowest BCUT2D eigenvalue weighted by Gasteiger charge is -2.20. The van der Waals surface area contributed by atoms with Crippen molar-refractivity contribution in [3.8, 4) is 11.5 Å². The largest absolute Gasteiger partial charge is 0.497 e. The summed E-state index contributed by atoms with van der Waals surface area (Å²) in [6.45, 7) is 2.74. The smallest absolute Gasteiger partial charge is 0.255 e. The van der Waals surface area contributed by atoms with E-state index < -0.39 is 0 Å². The van der Waals surface area contributed by atoms with Crippen molar-refractivity contribution in [2.45, 2.75) is 31.9 Å². The molecule has 110 valence electrons. The first-order valence-corrected chi connectivity index (χ1v) is 6.80. The van der Waals surface area contributed by atoms with Crippen molar-refractivity contribution >= 4 is 5.91 Å². The van der Waals surface area contributed by atoms with Crippen LogP contribution in [0, 0.1) is 0 Å². The number of benzene rings is 1. The molecule has 0 saturated carbocycles. The van der Waals surface area contributed by atoms with Crippen LogP contribution in [-0.4, -0.2) is 38.9 Å². The van der Waals surface area contributed by atoms with E-state index >= 15 is 0 Å². The maximum absolute atomic E-state index is 12.3. The highest BCUT2D eigenvalue weighted by atomic mass is 16.5. The summed E-state index contributed by atoms with van der Waals surface area (Å²) in [7, 11) is 3.11. The number of nitrogens with one attached hydrogen (secondary N) is 1. The molecule has 0 bridgehead atoms. The Morgan fingerprint density at radius 2 is 2.20 bits per heavy atom. The Kier molecular flexibility index (Phi) is 4.84. The van der Waals surface area contributed by atoms with Gasteiger partial charge < -0.3 is 19.5 Å². The van der Waals surface area contributed by atoms with Crippen molar-refractivity contribution in [1.82, 2.24) is 5.32 Å². The van der Waals surface area contributed by atoms with E-state index in [-0.39, 0.29) is 18.1 Å². The van der Waals surface area contributed by atoms with Crippen LogP contribution < -0.4 is 14.8 Å². The van der Waals surface area contributed by atoms with Crippen molar-refractivity contribution < 1.29 is 19.0 Å². The molecule has 1 amide bonds. The molecule has 2 rings (SSSR count). The van der Waals surface area contributed by atoms with Crippen molar-refractivity contribution in [3.05, 3.63) is 23.8 Å². The molecule has 1 aromatic carbocycles. The Bertz CT molecular complexity index is 469. The van der Waals surface area contributed by atoms with Crippen LogP contribution in [0.25, 0.3) is 0 Å². The first kappa shape index (κ1) is 14.7. The summed E-state index contributed by atoms with van der Waals surface area (Å²) in [6.07, 6.45) is 2.14. The zero-order valence-corrected chi connectivity index (χ0v) is 12.1. The Morgan fingerprint density at radius 1 is 1.40 bits per heavy atom. The minimum Gasteiger partial charge on any atom is -0.497 e. The Labute approximate surface area is 119 Å². The lowest BCUT2D eigenvalue weighted by Crippen LogP contribution is -2.40. The van der Waals surface area contributed by atoms with E-state index in [9.17, 15) is 4.79 Å². The molecule has 1 aliphatic heterocycles. The molecule has 0 unspecified atom stereocenters. The average Bonchev–Trinajstić information content (AvgIpc) is 3.00. The van der Waals surface area contributed by atoms with Crippen molar-refractivity contribution in [3.63, 3.8) is 0 Å². The third kappa shape index (κ3) is 3.22. The van der Waals surface area contributed by atoms with Crippen LogP contribution in [0.3, 0.4) is 0 Å². The predicted octanol–water partition coefficient (Wildman–Crippen LogP) is 2.00. The maximum atomic E-state index is 12.3. The molecule has 20 heavy (non-hydrogen) atoms. The average molecular weight is 279 g/mol. The van der Waals surface area contributed by atoms with Gasteiger partial charge in [0.05, 0.1) is 31.9 Å². The molecule has 1 aliphatic rings. The number of methoxy groups -OCH3 is 2. The van der Waals surface area contributed by atoms with E-state index in [2.05, 4.69) is 5.32 Å². The van der Waals surface area contributed by atoms with E-state index in [1.807, 2.05) is 6.92 Å². The summed E-state index contributed by atoms with van der Waals surface area (Å²) in [5, 5.41) is 2.97. The lowest BCUT2D eigenvalue weighted by molar-refractivity contribution is 0.0710. The molecule has 0 spiro atoms. The van der Waals surface area contributed by atoms with Crippen molar-refractivity contribution in [2.24, 2.45) is 0 Å². The van der Waals surface area contributed by atoms with Gasteiger partial charge in [0, 0.05) is 12.7 Å². The van der Waals surface area contributed by atoms with E-state index in [4.69, 9.17) is 14.2 Å². The zero-order valence-electron chi connectivity index (χ0n) is 12.1. The number of hydrogen-bond donors (Lipinski definition) is 1. The molecule has 1 heterocycles. The van der Waals surface area contributed by atoms with Gasteiger partial charge in [-0.1, -0.05) is 0 Å². The third-order valence-corrected chi connectivity index (χ3v) is 3.53. The van der Waals surface area contributed by atoms with E-state index in [0.717, 1.165) is 19.4 Å². The van der Waals surface area contributed by atoms with E-state index in [1.54, 1.807) is 25.3 Å². The quantitative estimate of drug-likeness (QED) is 0.895. The Hall–Kier alpha value is -1.75. The normalized spacial score (nSPS) is 19.4. The molecule has 1 saturated heterocycles. The molecule has 0 radical (unpaired) electrons. The fraction of sp³-hybridized carbons (Fsp3) is 0.533. The Morgan fingerprint density at radius 3 is 2.80 bits per heavy atom. The minimum atomic E-state index is -0.160. The topological polar surface area (TPSA) is 56.8 Å². The van der Waals surface area contributed by atoms with Gasteiger partial charge >= 0.3 is 0 Å². The van der Waals surface area contributed by atoms with Crippen LogP contribution in [-0.2, 0) is 4.74 Å². The number of carbonyl (C=O) groups is 1. The highest BCUT2D eigenvalue weighted by Gasteiger charge is 2.25. The van der Waals surface area contributed by atoms with Gasteiger partial charge in [-0.2, -0.15) is 0 Å². The fourth-order valence-corrected chi connectivity index (χ4v) is 2.36. The second kappa shape index (κ2) is 6.61. The molecule has 5 heteroatoms.